The average Bonchev–Trinajstić information content (AvgIpc) is 3.11. The van der Waals surface area contributed by atoms with Crippen molar-refractivity contribution >= 4 is 46.4 Å². The summed E-state index contributed by atoms with van der Waals surface area (Å²) in [5.74, 6) is -0.656. The van der Waals surface area contributed by atoms with Crippen LogP contribution in [0.3, 0.4) is 0 Å². The van der Waals surface area contributed by atoms with E-state index in [-0.39, 0.29) is 48.9 Å². The lowest BCUT2D eigenvalue weighted by Crippen LogP contribution is -2.06. The van der Waals surface area contributed by atoms with Gasteiger partial charge in [-0.25, -0.2) is 19.0 Å². The fourth-order valence-electron chi connectivity index (χ4n) is 2.99. The lowest BCUT2D eigenvalue weighted by molar-refractivity contribution is -0.137. The molecule has 0 radical (unpaired) electrons. The van der Waals surface area contributed by atoms with E-state index >= 15 is 0 Å². The summed E-state index contributed by atoms with van der Waals surface area (Å²) in [5, 5.41) is 3.95. The van der Waals surface area contributed by atoms with Crippen molar-refractivity contribution in [3.8, 4) is 34.4 Å². The van der Waals surface area contributed by atoms with E-state index in [1.54, 1.807) is 7.05 Å². The largest absolute Gasteiger partial charge is 0.434 e. The van der Waals surface area contributed by atoms with Crippen LogP contribution >= 0.6 is 46.4 Å². The van der Waals surface area contributed by atoms with Crippen LogP contribution in [0.4, 0.5) is 17.6 Å². The van der Waals surface area contributed by atoms with E-state index in [1.165, 1.54) is 35.0 Å². The van der Waals surface area contributed by atoms with Gasteiger partial charge in [0.15, 0.2) is 17.4 Å². The van der Waals surface area contributed by atoms with Crippen molar-refractivity contribution in [1.29, 1.82) is 0 Å². The highest BCUT2D eigenvalue weighted by Gasteiger charge is 2.32. The minimum Gasteiger partial charge on any atom is -0.434 e. The first-order chi connectivity index (χ1) is 16.0. The first-order valence-electron chi connectivity index (χ1n) is 9.21. The number of hydrogen-bond acceptors (Lipinski definition) is 4. The van der Waals surface area contributed by atoms with Gasteiger partial charge in [0, 0.05) is 18.8 Å². The Bertz CT molecular complexity index is 1370. The van der Waals surface area contributed by atoms with Crippen LogP contribution in [0.25, 0.3) is 22.8 Å². The second-order valence-electron chi connectivity index (χ2n) is 6.86. The minimum absolute atomic E-state index is 0.00580. The van der Waals surface area contributed by atoms with E-state index < -0.39 is 17.6 Å². The Kier molecular flexibility index (Phi) is 6.65. The normalized spacial score (nSPS) is 11.7. The van der Waals surface area contributed by atoms with Crippen molar-refractivity contribution in [1.82, 2.24) is 19.7 Å². The molecule has 0 saturated carbocycles. The van der Waals surface area contributed by atoms with Gasteiger partial charge in [0.2, 0.25) is 5.88 Å². The maximum Gasteiger partial charge on any atom is 0.417 e. The molecule has 0 atom stereocenters. The maximum atomic E-state index is 14.3. The Labute approximate surface area is 209 Å². The average molecular weight is 552 g/mol. The number of nitrogens with zero attached hydrogens (tertiary/aromatic N) is 4. The number of aromatic nitrogens is 4. The molecule has 0 amide bonds. The Hall–Kier alpha value is -2.59. The maximum absolute atomic E-state index is 14.3. The summed E-state index contributed by atoms with van der Waals surface area (Å²) < 4.78 is 59.6. The summed E-state index contributed by atoms with van der Waals surface area (Å²) >= 11 is 24.6. The molecule has 2 aromatic carbocycles. The molecule has 2 aromatic heterocycles. The van der Waals surface area contributed by atoms with E-state index in [0.29, 0.717) is 17.8 Å². The number of benzene rings is 2. The van der Waals surface area contributed by atoms with Crippen molar-refractivity contribution in [2.45, 2.75) is 6.18 Å². The number of alkyl halides is 3. The molecule has 34 heavy (non-hydrogen) atoms. The quantitative estimate of drug-likeness (QED) is 0.240. The summed E-state index contributed by atoms with van der Waals surface area (Å²) in [6, 6.07) is 7.76. The fraction of sp³-hybridized carbons (Fsp3) is 0.0952. The van der Waals surface area contributed by atoms with Crippen LogP contribution in [-0.2, 0) is 13.2 Å². The molecule has 0 spiro atoms. The Balaban J connectivity index is 1.69. The van der Waals surface area contributed by atoms with Gasteiger partial charge in [0.05, 0.1) is 26.2 Å². The number of hydrogen-bond donors (Lipinski definition) is 0. The third-order valence-electron chi connectivity index (χ3n) is 4.54. The number of ether oxygens (including phenoxy) is 1. The highest BCUT2D eigenvalue weighted by molar-refractivity contribution is 6.38. The Morgan fingerprint density at radius 1 is 0.941 bits per heavy atom. The molecule has 13 heteroatoms. The van der Waals surface area contributed by atoms with Crippen LogP contribution in [0.5, 0.6) is 11.6 Å². The molecule has 2 heterocycles. The van der Waals surface area contributed by atoms with Gasteiger partial charge in [-0.1, -0.05) is 52.5 Å². The molecular formula is C21H10Cl4F4N4O. The molecule has 0 fully saturated rings. The Morgan fingerprint density at radius 2 is 1.62 bits per heavy atom. The topological polar surface area (TPSA) is 52.8 Å². The molecule has 4 aromatic rings. The van der Waals surface area contributed by atoms with Gasteiger partial charge >= 0.3 is 6.18 Å². The standard InChI is InChI=1S/C21H10Cl4F4N4O/c1-33-19(31-18(32-33)16-11(22)3-2-4-15(16)26)9-5-12(23)17(13(24)6-9)34-20-14(25)7-10(8-30-20)21(27,28)29/h2-8H,1H3. The number of pyridine rings is 1. The predicted molar refractivity (Wildman–Crippen MR) is 121 cm³/mol. The highest BCUT2D eigenvalue weighted by Crippen LogP contribution is 2.42. The van der Waals surface area contributed by atoms with Gasteiger partial charge in [-0.3, -0.25) is 0 Å². The molecule has 0 N–H and O–H groups in total. The predicted octanol–water partition coefficient (Wildman–Crippen LogP) is 8.11. The molecule has 0 aliphatic rings. The number of aryl methyl sites for hydroxylation is 1. The van der Waals surface area contributed by atoms with E-state index in [9.17, 15) is 17.6 Å². The van der Waals surface area contributed by atoms with Gasteiger partial charge < -0.3 is 4.74 Å². The zero-order valence-electron chi connectivity index (χ0n) is 16.8. The summed E-state index contributed by atoms with van der Waals surface area (Å²) in [7, 11) is 1.58. The SMILES string of the molecule is Cn1nc(-c2c(F)cccc2Cl)nc1-c1cc(Cl)c(Oc2ncc(C(F)(F)F)cc2Cl)c(Cl)c1. The smallest absolute Gasteiger partial charge is 0.417 e. The van der Waals surface area contributed by atoms with Crippen LogP contribution in [0, 0.1) is 5.82 Å². The first-order valence-corrected chi connectivity index (χ1v) is 10.7. The highest BCUT2D eigenvalue weighted by atomic mass is 35.5. The molecule has 176 valence electrons. The third-order valence-corrected chi connectivity index (χ3v) is 5.69. The third kappa shape index (κ3) is 4.79. The number of halogens is 8. The Morgan fingerprint density at radius 3 is 2.21 bits per heavy atom. The van der Waals surface area contributed by atoms with Crippen molar-refractivity contribution in [2.24, 2.45) is 7.05 Å². The lowest BCUT2D eigenvalue weighted by Gasteiger charge is -2.13. The molecule has 5 nitrogen and oxygen atoms in total. The molecule has 0 aliphatic carbocycles. The van der Waals surface area contributed by atoms with Crippen molar-refractivity contribution in [3.63, 3.8) is 0 Å². The van der Waals surface area contributed by atoms with Crippen LogP contribution in [0.2, 0.25) is 20.1 Å². The van der Waals surface area contributed by atoms with Crippen molar-refractivity contribution < 1.29 is 22.3 Å². The first kappa shape index (κ1) is 24.5. The van der Waals surface area contributed by atoms with Crippen LogP contribution < -0.4 is 4.74 Å². The van der Waals surface area contributed by atoms with Crippen LogP contribution in [0.15, 0.2) is 42.6 Å². The summed E-state index contributed by atoms with van der Waals surface area (Å²) in [5.41, 5.74) is -0.598. The molecule has 0 unspecified atom stereocenters. The van der Waals surface area contributed by atoms with Crippen LogP contribution in [0.1, 0.15) is 5.56 Å². The molecule has 0 bridgehead atoms. The molecule has 0 aliphatic heterocycles. The fourth-order valence-corrected chi connectivity index (χ4v) is 4.01. The van der Waals surface area contributed by atoms with E-state index in [0.717, 1.165) is 0 Å². The lowest BCUT2D eigenvalue weighted by atomic mass is 10.2. The van der Waals surface area contributed by atoms with Gasteiger partial charge in [-0.05, 0) is 30.3 Å². The summed E-state index contributed by atoms with van der Waals surface area (Å²) in [6.07, 6.45) is -4.04. The zero-order valence-corrected chi connectivity index (χ0v) is 19.8. The van der Waals surface area contributed by atoms with E-state index in [4.69, 9.17) is 51.1 Å². The molecule has 0 saturated heterocycles. The second-order valence-corrected chi connectivity index (χ2v) is 8.49. The molecular weight excluding hydrogens is 542 g/mol. The van der Waals surface area contributed by atoms with Crippen LogP contribution in [-0.4, -0.2) is 19.7 Å². The van der Waals surface area contributed by atoms with Crippen molar-refractivity contribution in [2.75, 3.05) is 0 Å². The zero-order chi connectivity index (χ0) is 24.8. The summed E-state index contributed by atoms with van der Waals surface area (Å²) in [6.45, 7) is 0. The number of rotatable bonds is 4. The van der Waals surface area contributed by atoms with E-state index in [1.807, 2.05) is 0 Å². The van der Waals surface area contributed by atoms with Gasteiger partial charge in [-0.15, -0.1) is 0 Å². The monoisotopic (exact) mass is 550 g/mol. The van der Waals surface area contributed by atoms with Gasteiger partial charge in [0.25, 0.3) is 0 Å². The molecule has 4 rings (SSSR count). The van der Waals surface area contributed by atoms with E-state index in [2.05, 4.69) is 15.1 Å². The second kappa shape index (κ2) is 9.22. The van der Waals surface area contributed by atoms with Crippen molar-refractivity contribution in [3.05, 3.63) is 74.1 Å². The minimum atomic E-state index is -4.62. The van der Waals surface area contributed by atoms with Gasteiger partial charge in [0.1, 0.15) is 10.8 Å². The summed E-state index contributed by atoms with van der Waals surface area (Å²) in [4.78, 5) is 7.95. The van der Waals surface area contributed by atoms with Gasteiger partial charge in [-0.2, -0.15) is 18.3 Å².